The van der Waals surface area contributed by atoms with Crippen LogP contribution in [0, 0.1) is 0 Å². The van der Waals surface area contributed by atoms with Crippen molar-refractivity contribution in [1.29, 1.82) is 0 Å². The molecule has 18 heavy (non-hydrogen) atoms. The van der Waals surface area contributed by atoms with E-state index >= 15 is 0 Å². The van der Waals surface area contributed by atoms with E-state index in [4.69, 9.17) is 0 Å². The van der Waals surface area contributed by atoms with Crippen molar-refractivity contribution in [3.63, 3.8) is 0 Å². The van der Waals surface area contributed by atoms with E-state index in [0.29, 0.717) is 12.1 Å². The van der Waals surface area contributed by atoms with Crippen LogP contribution < -0.4 is 0 Å². The van der Waals surface area contributed by atoms with Crippen LogP contribution in [0.1, 0.15) is 24.2 Å². The Morgan fingerprint density at radius 3 is 2.56 bits per heavy atom. The van der Waals surface area contributed by atoms with E-state index in [1.165, 1.54) is 0 Å². The Bertz CT molecular complexity index is 407. The summed E-state index contributed by atoms with van der Waals surface area (Å²) in [7, 11) is 4.03. The van der Waals surface area contributed by atoms with Crippen LogP contribution in [0.5, 0.6) is 0 Å². The van der Waals surface area contributed by atoms with E-state index in [-0.39, 0.29) is 11.9 Å². The molecule has 0 radical (unpaired) electrons. The van der Waals surface area contributed by atoms with Gasteiger partial charge in [0, 0.05) is 29.6 Å². The molecular formula is C14H22N2OS. The van der Waals surface area contributed by atoms with Crippen LogP contribution in [0.4, 0.5) is 0 Å². The van der Waals surface area contributed by atoms with Crippen molar-refractivity contribution in [3.05, 3.63) is 29.8 Å². The summed E-state index contributed by atoms with van der Waals surface area (Å²) in [6.45, 7) is 5.66. The van der Waals surface area contributed by atoms with Crippen molar-refractivity contribution in [1.82, 2.24) is 9.80 Å². The molecule has 0 fully saturated rings. The molecule has 1 rings (SSSR count). The highest BCUT2D eigenvalue weighted by atomic mass is 32.1. The molecule has 100 valence electrons. The third kappa shape index (κ3) is 4.03. The van der Waals surface area contributed by atoms with Gasteiger partial charge in [-0.05, 0) is 46.1 Å². The first-order valence-electron chi connectivity index (χ1n) is 6.20. The molecule has 0 spiro atoms. The van der Waals surface area contributed by atoms with Gasteiger partial charge in [-0.25, -0.2) is 0 Å². The highest BCUT2D eigenvalue weighted by Crippen LogP contribution is 2.13. The topological polar surface area (TPSA) is 23.6 Å². The lowest BCUT2D eigenvalue weighted by Crippen LogP contribution is -2.43. The SMILES string of the molecule is CCN(C(=O)c1cccc(S)c1)C(C)CN(C)C. The molecular weight excluding hydrogens is 244 g/mol. The molecule has 1 atom stereocenters. The van der Waals surface area contributed by atoms with Crippen LogP contribution in [-0.4, -0.2) is 48.9 Å². The minimum absolute atomic E-state index is 0.0720. The van der Waals surface area contributed by atoms with Gasteiger partial charge < -0.3 is 9.80 Å². The zero-order valence-electron chi connectivity index (χ0n) is 11.6. The summed E-state index contributed by atoms with van der Waals surface area (Å²) < 4.78 is 0. The second-order valence-electron chi connectivity index (χ2n) is 4.75. The zero-order chi connectivity index (χ0) is 13.7. The second-order valence-corrected chi connectivity index (χ2v) is 5.27. The number of hydrogen-bond donors (Lipinski definition) is 1. The predicted molar refractivity (Wildman–Crippen MR) is 78.4 cm³/mol. The smallest absolute Gasteiger partial charge is 0.254 e. The Kier molecular flexibility index (Phi) is 5.69. The minimum Gasteiger partial charge on any atom is -0.335 e. The molecule has 0 aliphatic carbocycles. The molecule has 1 unspecified atom stereocenters. The molecule has 0 heterocycles. The lowest BCUT2D eigenvalue weighted by atomic mass is 10.1. The quantitative estimate of drug-likeness (QED) is 0.827. The Morgan fingerprint density at radius 1 is 1.39 bits per heavy atom. The maximum absolute atomic E-state index is 12.4. The lowest BCUT2D eigenvalue weighted by Gasteiger charge is -2.30. The highest BCUT2D eigenvalue weighted by Gasteiger charge is 2.20. The summed E-state index contributed by atoms with van der Waals surface area (Å²) in [5.41, 5.74) is 0.704. The van der Waals surface area contributed by atoms with Gasteiger partial charge in [0.15, 0.2) is 0 Å². The van der Waals surface area contributed by atoms with E-state index in [1.807, 2.05) is 50.2 Å². The number of nitrogens with zero attached hydrogens (tertiary/aromatic N) is 2. The van der Waals surface area contributed by atoms with E-state index < -0.39 is 0 Å². The summed E-state index contributed by atoms with van der Waals surface area (Å²) in [5, 5.41) is 0. The molecule has 0 N–H and O–H groups in total. The summed E-state index contributed by atoms with van der Waals surface area (Å²) in [5.74, 6) is 0.0720. The van der Waals surface area contributed by atoms with Gasteiger partial charge in [0.05, 0.1) is 0 Å². The fraction of sp³-hybridized carbons (Fsp3) is 0.500. The van der Waals surface area contributed by atoms with Gasteiger partial charge in [-0.2, -0.15) is 0 Å². The van der Waals surface area contributed by atoms with Crippen LogP contribution in [0.2, 0.25) is 0 Å². The number of carbonyl (C=O) groups is 1. The molecule has 1 aromatic carbocycles. The summed E-state index contributed by atoms with van der Waals surface area (Å²) >= 11 is 4.27. The number of rotatable bonds is 5. The average Bonchev–Trinajstić information content (AvgIpc) is 2.28. The third-order valence-corrected chi connectivity index (χ3v) is 3.13. The Labute approximate surface area is 115 Å². The minimum atomic E-state index is 0.0720. The monoisotopic (exact) mass is 266 g/mol. The molecule has 0 saturated carbocycles. The fourth-order valence-corrected chi connectivity index (χ4v) is 2.31. The number of likely N-dealkylation sites (N-methyl/N-ethyl adjacent to an activating group) is 2. The van der Waals surface area contributed by atoms with Crippen molar-refractivity contribution in [2.45, 2.75) is 24.8 Å². The van der Waals surface area contributed by atoms with Gasteiger partial charge >= 0.3 is 0 Å². The molecule has 0 aliphatic heterocycles. The van der Waals surface area contributed by atoms with Crippen LogP contribution in [0.15, 0.2) is 29.2 Å². The van der Waals surface area contributed by atoms with E-state index in [0.717, 1.165) is 11.4 Å². The van der Waals surface area contributed by atoms with Gasteiger partial charge in [0.2, 0.25) is 0 Å². The van der Waals surface area contributed by atoms with Gasteiger partial charge in [-0.1, -0.05) is 6.07 Å². The molecule has 0 aliphatic rings. The molecule has 0 aromatic heterocycles. The maximum atomic E-state index is 12.4. The number of hydrogen-bond acceptors (Lipinski definition) is 3. The van der Waals surface area contributed by atoms with E-state index in [2.05, 4.69) is 24.5 Å². The van der Waals surface area contributed by atoms with Crippen molar-refractivity contribution >= 4 is 18.5 Å². The number of amides is 1. The highest BCUT2D eigenvalue weighted by molar-refractivity contribution is 7.80. The molecule has 4 heteroatoms. The largest absolute Gasteiger partial charge is 0.335 e. The van der Waals surface area contributed by atoms with E-state index in [9.17, 15) is 4.79 Å². The van der Waals surface area contributed by atoms with Crippen LogP contribution in [0.25, 0.3) is 0 Å². The first-order valence-corrected chi connectivity index (χ1v) is 6.65. The third-order valence-electron chi connectivity index (χ3n) is 2.86. The Morgan fingerprint density at radius 2 is 2.06 bits per heavy atom. The molecule has 1 aromatic rings. The average molecular weight is 266 g/mol. The second kappa shape index (κ2) is 6.81. The zero-order valence-corrected chi connectivity index (χ0v) is 12.4. The Balaban J connectivity index is 2.85. The van der Waals surface area contributed by atoms with Crippen LogP contribution in [-0.2, 0) is 0 Å². The van der Waals surface area contributed by atoms with Gasteiger partial charge in [0.1, 0.15) is 0 Å². The lowest BCUT2D eigenvalue weighted by molar-refractivity contribution is 0.0679. The molecule has 0 bridgehead atoms. The van der Waals surface area contributed by atoms with Gasteiger partial charge in [-0.3, -0.25) is 4.79 Å². The van der Waals surface area contributed by atoms with Crippen molar-refractivity contribution in [2.24, 2.45) is 0 Å². The molecule has 1 amide bonds. The van der Waals surface area contributed by atoms with Crippen molar-refractivity contribution in [2.75, 3.05) is 27.2 Å². The number of benzene rings is 1. The van der Waals surface area contributed by atoms with Crippen molar-refractivity contribution in [3.8, 4) is 0 Å². The summed E-state index contributed by atoms with van der Waals surface area (Å²) in [6, 6.07) is 7.59. The van der Waals surface area contributed by atoms with Gasteiger partial charge in [-0.15, -0.1) is 12.6 Å². The first-order chi connectivity index (χ1) is 8.45. The predicted octanol–water partition coefficient (Wildman–Crippen LogP) is 2.39. The molecule has 3 nitrogen and oxygen atoms in total. The van der Waals surface area contributed by atoms with E-state index in [1.54, 1.807) is 0 Å². The van der Waals surface area contributed by atoms with Gasteiger partial charge in [0.25, 0.3) is 5.91 Å². The van der Waals surface area contributed by atoms with Crippen LogP contribution >= 0.6 is 12.6 Å². The van der Waals surface area contributed by atoms with Crippen molar-refractivity contribution < 1.29 is 4.79 Å². The normalized spacial score (nSPS) is 12.6. The standard InChI is InChI=1S/C14H22N2OS/c1-5-16(11(2)10-15(3)4)14(17)12-7-6-8-13(18)9-12/h6-9,11,18H,5,10H2,1-4H3. The fourth-order valence-electron chi connectivity index (χ4n) is 2.09. The van der Waals surface area contributed by atoms with Crippen LogP contribution in [0.3, 0.4) is 0 Å². The number of thiol groups is 1. The summed E-state index contributed by atoms with van der Waals surface area (Å²) in [6.07, 6.45) is 0. The summed E-state index contributed by atoms with van der Waals surface area (Å²) in [4.78, 5) is 17.2. The maximum Gasteiger partial charge on any atom is 0.254 e. The first kappa shape index (κ1) is 15.1. The number of carbonyl (C=O) groups excluding carboxylic acids is 1. The Hall–Kier alpha value is -1.00. The molecule has 0 saturated heterocycles.